The molecule has 1 aliphatic heterocycles. The average molecular weight is 175 g/mol. The van der Waals surface area contributed by atoms with Crippen LogP contribution in [0.15, 0.2) is 0 Å². The summed E-state index contributed by atoms with van der Waals surface area (Å²) >= 11 is 0. The Morgan fingerprint density at radius 2 is 2.27 bits per heavy atom. The molecule has 11 heavy (non-hydrogen) atoms. The SMILES string of the molecule is C[Si](C)(F)CN1CCCC1=O. The molecule has 0 aromatic rings. The van der Waals surface area contributed by atoms with Crippen molar-refractivity contribution >= 4 is 14.3 Å². The molecule has 0 N–H and O–H groups in total. The maximum Gasteiger partial charge on any atom is 0.259 e. The molecule has 2 nitrogen and oxygen atoms in total. The van der Waals surface area contributed by atoms with Gasteiger partial charge >= 0.3 is 0 Å². The van der Waals surface area contributed by atoms with Crippen LogP contribution in [0.25, 0.3) is 0 Å². The van der Waals surface area contributed by atoms with Crippen molar-refractivity contribution in [2.24, 2.45) is 0 Å². The Morgan fingerprint density at radius 1 is 1.64 bits per heavy atom. The maximum atomic E-state index is 13.2. The zero-order valence-corrected chi connectivity index (χ0v) is 8.06. The van der Waals surface area contributed by atoms with Crippen molar-refractivity contribution in [3.8, 4) is 0 Å². The summed E-state index contributed by atoms with van der Waals surface area (Å²) in [4.78, 5) is 12.7. The van der Waals surface area contributed by atoms with E-state index in [1.807, 2.05) is 0 Å². The number of hydrogen-bond acceptors (Lipinski definition) is 1. The van der Waals surface area contributed by atoms with E-state index in [9.17, 15) is 8.90 Å². The van der Waals surface area contributed by atoms with Gasteiger partial charge in [-0.15, -0.1) is 0 Å². The van der Waals surface area contributed by atoms with Crippen molar-refractivity contribution in [3.05, 3.63) is 0 Å². The monoisotopic (exact) mass is 175 g/mol. The summed E-state index contributed by atoms with van der Waals surface area (Å²) in [5.74, 6) is 0.128. The smallest absolute Gasteiger partial charge is 0.259 e. The Bertz CT molecular complexity index is 166. The fourth-order valence-corrected chi connectivity index (χ4v) is 2.57. The van der Waals surface area contributed by atoms with E-state index in [1.54, 1.807) is 18.0 Å². The lowest BCUT2D eigenvalue weighted by atomic mass is 10.4. The van der Waals surface area contributed by atoms with E-state index in [2.05, 4.69) is 0 Å². The summed E-state index contributed by atoms with van der Waals surface area (Å²) in [6.45, 7) is 4.04. The summed E-state index contributed by atoms with van der Waals surface area (Å²) in [6.07, 6.45) is 1.90. The molecule has 0 atom stereocenters. The number of rotatable bonds is 2. The largest absolute Gasteiger partial charge is 0.343 e. The molecule has 0 bridgehead atoms. The molecule has 0 aromatic heterocycles. The number of nitrogens with zero attached hydrogens (tertiary/aromatic N) is 1. The van der Waals surface area contributed by atoms with Crippen LogP contribution in [-0.2, 0) is 4.79 Å². The minimum atomic E-state index is -2.56. The van der Waals surface area contributed by atoms with Gasteiger partial charge in [0.05, 0.1) is 0 Å². The fraction of sp³-hybridized carbons (Fsp3) is 0.857. The van der Waals surface area contributed by atoms with Crippen molar-refractivity contribution < 1.29 is 8.90 Å². The van der Waals surface area contributed by atoms with Gasteiger partial charge in [0.15, 0.2) is 0 Å². The van der Waals surface area contributed by atoms with Crippen LogP contribution < -0.4 is 0 Å². The number of carbonyl (C=O) groups is 1. The molecule has 0 aliphatic carbocycles. The zero-order chi connectivity index (χ0) is 8.48. The molecule has 1 fully saturated rings. The van der Waals surface area contributed by atoms with Crippen LogP contribution in [0.2, 0.25) is 13.1 Å². The van der Waals surface area contributed by atoms with Crippen LogP contribution >= 0.6 is 0 Å². The lowest BCUT2D eigenvalue weighted by Gasteiger charge is -2.20. The maximum absolute atomic E-state index is 13.2. The van der Waals surface area contributed by atoms with Gasteiger partial charge in [0, 0.05) is 19.1 Å². The molecular formula is C7H14FNOSi. The molecule has 1 saturated heterocycles. The van der Waals surface area contributed by atoms with Gasteiger partial charge in [0.2, 0.25) is 5.91 Å². The third-order valence-corrected chi connectivity index (χ3v) is 2.87. The zero-order valence-electron chi connectivity index (χ0n) is 7.06. The first-order chi connectivity index (χ1) is 4.99. The van der Waals surface area contributed by atoms with Crippen molar-refractivity contribution in [3.63, 3.8) is 0 Å². The van der Waals surface area contributed by atoms with Crippen molar-refractivity contribution in [2.75, 3.05) is 12.7 Å². The Morgan fingerprint density at radius 3 is 2.64 bits per heavy atom. The number of halogens is 1. The van der Waals surface area contributed by atoms with Gasteiger partial charge in [-0.2, -0.15) is 0 Å². The minimum absolute atomic E-state index is 0.128. The third kappa shape index (κ3) is 2.61. The molecule has 4 heteroatoms. The van der Waals surface area contributed by atoms with Gasteiger partial charge in [-0.25, -0.2) is 0 Å². The molecule has 1 aliphatic rings. The van der Waals surface area contributed by atoms with Crippen molar-refractivity contribution in [1.29, 1.82) is 0 Å². The topological polar surface area (TPSA) is 20.3 Å². The number of carbonyl (C=O) groups excluding carboxylic acids is 1. The Hall–Kier alpha value is -0.383. The number of hydrogen-bond donors (Lipinski definition) is 0. The van der Waals surface area contributed by atoms with E-state index in [4.69, 9.17) is 0 Å². The highest BCUT2D eigenvalue weighted by molar-refractivity contribution is 6.70. The Kier molecular flexibility index (Phi) is 2.32. The predicted molar refractivity (Wildman–Crippen MR) is 44.4 cm³/mol. The normalized spacial score (nSPS) is 19.5. The van der Waals surface area contributed by atoms with Crippen LogP contribution in [0.5, 0.6) is 0 Å². The van der Waals surface area contributed by atoms with Gasteiger partial charge < -0.3 is 9.01 Å². The highest BCUT2D eigenvalue weighted by atomic mass is 28.4. The second-order valence-corrected chi connectivity index (χ2v) is 7.39. The first-order valence-electron chi connectivity index (χ1n) is 3.96. The first kappa shape index (κ1) is 8.71. The lowest BCUT2D eigenvalue weighted by molar-refractivity contribution is -0.127. The van der Waals surface area contributed by atoms with E-state index < -0.39 is 8.41 Å². The third-order valence-electron chi connectivity index (χ3n) is 1.74. The van der Waals surface area contributed by atoms with Gasteiger partial charge in [-0.1, -0.05) is 0 Å². The van der Waals surface area contributed by atoms with Crippen LogP contribution in [0.1, 0.15) is 12.8 Å². The summed E-state index contributed by atoms with van der Waals surface area (Å²) in [6, 6.07) is 0. The molecule has 64 valence electrons. The molecule has 0 unspecified atom stereocenters. The highest BCUT2D eigenvalue weighted by Gasteiger charge is 2.29. The van der Waals surface area contributed by atoms with Gasteiger partial charge in [0.1, 0.15) is 0 Å². The summed E-state index contributed by atoms with van der Waals surface area (Å²) in [5.41, 5.74) is 0. The standard InChI is InChI=1S/C7H14FNOSi/c1-11(2,8)6-9-5-3-4-7(9)10/h3-6H2,1-2H3. The van der Waals surface area contributed by atoms with Crippen LogP contribution in [0, 0.1) is 0 Å². The van der Waals surface area contributed by atoms with E-state index >= 15 is 0 Å². The minimum Gasteiger partial charge on any atom is -0.343 e. The molecule has 1 amide bonds. The first-order valence-corrected chi connectivity index (χ1v) is 7.04. The number of likely N-dealkylation sites (tertiary alicyclic amines) is 1. The van der Waals surface area contributed by atoms with Crippen molar-refractivity contribution in [2.45, 2.75) is 25.9 Å². The second kappa shape index (κ2) is 2.93. The predicted octanol–water partition coefficient (Wildman–Crippen LogP) is 1.32. The molecule has 1 rings (SSSR count). The van der Waals surface area contributed by atoms with Crippen LogP contribution in [-0.4, -0.2) is 31.9 Å². The van der Waals surface area contributed by atoms with Gasteiger partial charge in [-0.3, -0.25) is 4.79 Å². The van der Waals surface area contributed by atoms with E-state index in [-0.39, 0.29) is 5.91 Å². The van der Waals surface area contributed by atoms with Gasteiger partial charge in [-0.05, 0) is 19.5 Å². The van der Waals surface area contributed by atoms with Crippen LogP contribution in [0.4, 0.5) is 4.11 Å². The highest BCUT2D eigenvalue weighted by Crippen LogP contribution is 2.14. The summed E-state index contributed by atoms with van der Waals surface area (Å²) < 4.78 is 13.2. The van der Waals surface area contributed by atoms with Crippen molar-refractivity contribution in [1.82, 2.24) is 4.90 Å². The molecule has 0 aromatic carbocycles. The fourth-order valence-electron chi connectivity index (χ4n) is 1.33. The Balaban J connectivity index is 2.43. The van der Waals surface area contributed by atoms with E-state index in [1.165, 1.54) is 0 Å². The summed E-state index contributed by atoms with van der Waals surface area (Å²) in [5, 5.41) is 0. The summed E-state index contributed by atoms with van der Waals surface area (Å²) in [7, 11) is -2.56. The molecule has 0 saturated carbocycles. The molecular weight excluding hydrogens is 161 g/mol. The quantitative estimate of drug-likeness (QED) is 0.458. The van der Waals surface area contributed by atoms with E-state index in [0.717, 1.165) is 13.0 Å². The molecule has 0 spiro atoms. The van der Waals surface area contributed by atoms with Gasteiger partial charge in [0.25, 0.3) is 8.41 Å². The molecule has 0 radical (unpaired) electrons. The number of amides is 1. The average Bonchev–Trinajstić information content (AvgIpc) is 2.12. The second-order valence-electron chi connectivity index (χ2n) is 3.64. The molecule has 1 heterocycles. The van der Waals surface area contributed by atoms with Crippen LogP contribution in [0.3, 0.4) is 0 Å². The lowest BCUT2D eigenvalue weighted by Crippen LogP contribution is -2.39. The Labute approximate surface area is 67.6 Å². The van der Waals surface area contributed by atoms with E-state index in [0.29, 0.717) is 12.6 Å².